The fourth-order valence-electron chi connectivity index (χ4n) is 8.75. The van der Waals surface area contributed by atoms with Crippen molar-refractivity contribution in [1.82, 2.24) is 14.7 Å². The lowest BCUT2D eigenvalue weighted by Crippen LogP contribution is -2.37. The van der Waals surface area contributed by atoms with E-state index in [1.54, 1.807) is 23.9 Å². The van der Waals surface area contributed by atoms with Crippen molar-refractivity contribution in [1.29, 1.82) is 0 Å². The molecule has 2 atom stereocenters. The Bertz CT molecular complexity index is 1010. The highest BCUT2D eigenvalue weighted by atomic mass is 16.5. The van der Waals surface area contributed by atoms with Gasteiger partial charge in [0.25, 0.3) is 0 Å². The van der Waals surface area contributed by atoms with E-state index in [2.05, 4.69) is 32.6 Å². The zero-order valence-corrected chi connectivity index (χ0v) is 43.1. The number of aliphatic hydroxyl groups excluding tert-OH is 1. The molecule has 0 bridgehead atoms. The second kappa shape index (κ2) is 45.9. The Morgan fingerprint density at radius 2 is 0.672 bits per heavy atom. The lowest BCUT2D eigenvalue weighted by Gasteiger charge is -2.23. The van der Waals surface area contributed by atoms with Crippen LogP contribution in [0.3, 0.4) is 0 Å². The zero-order chi connectivity index (χ0) is 47.3. The molecule has 10 nitrogen and oxygen atoms in total. The largest absolute Gasteiger partial charge is 0.464 e. The number of carbonyl (C=O) groups excluding carboxylic acids is 4. The van der Waals surface area contributed by atoms with Gasteiger partial charge in [-0.15, -0.1) is 0 Å². The zero-order valence-electron chi connectivity index (χ0n) is 43.1. The summed E-state index contributed by atoms with van der Waals surface area (Å²) >= 11 is 0. The van der Waals surface area contributed by atoms with Crippen LogP contribution in [0.4, 0.5) is 0 Å². The second-order valence-electron chi connectivity index (χ2n) is 19.1. The fraction of sp³-hybridized carbons (Fsp3) is 0.926. The third-order valence-electron chi connectivity index (χ3n) is 13.0. The Labute approximate surface area is 395 Å². The molecule has 0 aromatic heterocycles. The SMILES string of the molecule is CCCCCCCCC(CCCCCC)C(=O)N(C)CC(=O)OCCCCCCN(CCCCO)CCCCCCOC(=O)CN(C)C(=O)C(CCCCCC)CCCCCCCC. The minimum absolute atomic E-state index is 0.000351. The van der Waals surface area contributed by atoms with Gasteiger partial charge in [-0.3, -0.25) is 19.2 Å². The van der Waals surface area contributed by atoms with Crippen molar-refractivity contribution < 1.29 is 33.8 Å². The van der Waals surface area contributed by atoms with Gasteiger partial charge in [0, 0.05) is 32.5 Å². The molecular formula is C54H105N3O7. The number of rotatable bonds is 48. The standard InChI is InChI=1S/C54H105N3O7/c1-7-11-15-19-21-29-39-49(37-27-17-13-9-3)53(61)55(5)47-51(59)63-45-35-25-23-31-41-57(43-33-34-44-58)42-32-24-26-36-46-64-52(60)48-56(6)54(62)50(38-28-18-14-10-4)40-30-22-20-16-12-8-2/h49-50,58H,7-48H2,1-6H3. The second-order valence-corrected chi connectivity index (χ2v) is 19.1. The van der Waals surface area contributed by atoms with E-state index >= 15 is 0 Å². The first-order valence-corrected chi connectivity index (χ1v) is 27.3. The van der Waals surface area contributed by atoms with Gasteiger partial charge in [-0.1, -0.05) is 182 Å². The summed E-state index contributed by atoms with van der Waals surface area (Å²) in [6, 6.07) is 0. The van der Waals surface area contributed by atoms with Crippen LogP contribution in [0.2, 0.25) is 0 Å². The summed E-state index contributed by atoms with van der Waals surface area (Å²) in [6.45, 7) is 12.9. The average Bonchev–Trinajstić information content (AvgIpc) is 3.28. The van der Waals surface area contributed by atoms with Gasteiger partial charge in [0.05, 0.1) is 13.2 Å². The maximum atomic E-state index is 13.4. The fourth-order valence-corrected chi connectivity index (χ4v) is 8.75. The Hall–Kier alpha value is -2.20. The molecule has 0 aliphatic heterocycles. The van der Waals surface area contributed by atoms with E-state index in [9.17, 15) is 24.3 Å². The number of nitrogens with zero attached hydrogens (tertiary/aromatic N) is 3. The maximum Gasteiger partial charge on any atom is 0.325 e. The van der Waals surface area contributed by atoms with E-state index in [1.807, 2.05) is 0 Å². The van der Waals surface area contributed by atoms with Crippen LogP contribution in [0.5, 0.6) is 0 Å². The summed E-state index contributed by atoms with van der Waals surface area (Å²) in [5.41, 5.74) is 0. The molecule has 0 saturated carbocycles. The Morgan fingerprint density at radius 3 is 1.02 bits per heavy atom. The van der Waals surface area contributed by atoms with Crippen LogP contribution in [-0.2, 0) is 28.7 Å². The molecule has 64 heavy (non-hydrogen) atoms. The molecule has 0 aliphatic carbocycles. The molecule has 0 aromatic rings. The first-order valence-electron chi connectivity index (χ1n) is 27.3. The smallest absolute Gasteiger partial charge is 0.325 e. The summed E-state index contributed by atoms with van der Waals surface area (Å²) in [7, 11) is 3.50. The molecule has 0 aromatic carbocycles. The quantitative estimate of drug-likeness (QED) is 0.0474. The molecule has 2 amide bonds. The Kier molecular flexibility index (Phi) is 44.4. The van der Waals surface area contributed by atoms with Gasteiger partial charge >= 0.3 is 11.9 Å². The number of likely N-dealkylation sites (N-methyl/N-ethyl adjacent to an activating group) is 2. The van der Waals surface area contributed by atoms with E-state index in [-0.39, 0.29) is 55.3 Å². The number of carbonyl (C=O) groups is 4. The van der Waals surface area contributed by atoms with E-state index < -0.39 is 0 Å². The topological polar surface area (TPSA) is 117 Å². The monoisotopic (exact) mass is 908 g/mol. The van der Waals surface area contributed by atoms with Gasteiger partial charge in [0.1, 0.15) is 13.1 Å². The first kappa shape index (κ1) is 61.8. The molecule has 0 saturated heterocycles. The van der Waals surface area contributed by atoms with E-state index in [0.717, 1.165) is 148 Å². The molecule has 0 fully saturated rings. The van der Waals surface area contributed by atoms with Crippen LogP contribution in [0, 0.1) is 11.8 Å². The van der Waals surface area contributed by atoms with Gasteiger partial charge in [0.2, 0.25) is 11.8 Å². The van der Waals surface area contributed by atoms with Crippen LogP contribution in [-0.4, -0.2) is 110 Å². The summed E-state index contributed by atoms with van der Waals surface area (Å²) < 4.78 is 11.1. The van der Waals surface area contributed by atoms with Crippen molar-refractivity contribution in [2.24, 2.45) is 11.8 Å². The summed E-state index contributed by atoms with van der Waals surface area (Å²) in [5.74, 6) is -0.447. The Balaban J connectivity index is 4.46. The van der Waals surface area contributed by atoms with Crippen molar-refractivity contribution in [2.75, 3.05) is 66.6 Å². The van der Waals surface area contributed by atoms with Crippen LogP contribution in [0.1, 0.15) is 246 Å². The van der Waals surface area contributed by atoms with E-state index in [1.165, 1.54) is 89.9 Å². The number of aliphatic hydroxyl groups is 1. The molecule has 0 heterocycles. The molecule has 0 spiro atoms. The lowest BCUT2D eigenvalue weighted by molar-refractivity contribution is -0.150. The van der Waals surface area contributed by atoms with Crippen molar-refractivity contribution >= 4 is 23.8 Å². The molecule has 0 aliphatic rings. The number of hydrogen-bond donors (Lipinski definition) is 1. The summed E-state index contributed by atoms with van der Waals surface area (Å²) in [4.78, 5) is 57.7. The highest BCUT2D eigenvalue weighted by Crippen LogP contribution is 2.23. The number of ether oxygens (including phenoxy) is 2. The third-order valence-corrected chi connectivity index (χ3v) is 13.0. The average molecular weight is 908 g/mol. The normalized spacial score (nSPS) is 12.4. The highest BCUT2D eigenvalue weighted by Gasteiger charge is 2.25. The summed E-state index contributed by atoms with van der Waals surface area (Å²) in [6.07, 6.45) is 37.2. The van der Waals surface area contributed by atoms with Gasteiger partial charge in [-0.05, 0) is 83.8 Å². The van der Waals surface area contributed by atoms with Gasteiger partial charge in [-0.2, -0.15) is 0 Å². The highest BCUT2D eigenvalue weighted by molar-refractivity contribution is 5.84. The molecule has 378 valence electrons. The molecule has 0 rings (SSSR count). The number of unbranched alkanes of at least 4 members (excludes halogenated alkanes) is 23. The summed E-state index contributed by atoms with van der Waals surface area (Å²) in [5, 5.41) is 9.34. The lowest BCUT2D eigenvalue weighted by atomic mass is 9.93. The minimum Gasteiger partial charge on any atom is -0.464 e. The number of esters is 2. The predicted octanol–water partition coefficient (Wildman–Crippen LogP) is 12.9. The molecule has 0 radical (unpaired) electrons. The van der Waals surface area contributed by atoms with Crippen molar-refractivity contribution in [2.45, 2.75) is 246 Å². The number of amides is 2. The minimum atomic E-state index is -0.316. The van der Waals surface area contributed by atoms with Crippen molar-refractivity contribution in [3.8, 4) is 0 Å². The van der Waals surface area contributed by atoms with Crippen LogP contribution in [0.25, 0.3) is 0 Å². The maximum absolute atomic E-state index is 13.4. The van der Waals surface area contributed by atoms with Crippen molar-refractivity contribution in [3.05, 3.63) is 0 Å². The van der Waals surface area contributed by atoms with E-state index in [0.29, 0.717) is 13.2 Å². The van der Waals surface area contributed by atoms with Crippen LogP contribution >= 0.6 is 0 Å². The van der Waals surface area contributed by atoms with Gasteiger partial charge < -0.3 is 29.3 Å². The molecular weight excluding hydrogens is 803 g/mol. The molecule has 10 heteroatoms. The van der Waals surface area contributed by atoms with Crippen molar-refractivity contribution in [3.63, 3.8) is 0 Å². The van der Waals surface area contributed by atoms with Gasteiger partial charge in [0.15, 0.2) is 0 Å². The molecule has 2 unspecified atom stereocenters. The third kappa shape index (κ3) is 37.0. The predicted molar refractivity (Wildman–Crippen MR) is 267 cm³/mol. The first-order chi connectivity index (χ1) is 31.1. The van der Waals surface area contributed by atoms with Crippen LogP contribution < -0.4 is 0 Å². The van der Waals surface area contributed by atoms with Crippen LogP contribution in [0.15, 0.2) is 0 Å². The van der Waals surface area contributed by atoms with E-state index in [4.69, 9.17) is 9.47 Å². The number of hydrogen-bond acceptors (Lipinski definition) is 8. The van der Waals surface area contributed by atoms with Gasteiger partial charge in [-0.25, -0.2) is 0 Å². The Morgan fingerprint density at radius 1 is 0.391 bits per heavy atom. The molecule has 1 N–H and O–H groups in total.